The van der Waals surface area contributed by atoms with E-state index < -0.39 is 0 Å². The first-order valence-corrected chi connectivity index (χ1v) is 8.64. The van der Waals surface area contributed by atoms with E-state index in [4.69, 9.17) is 0 Å². The zero-order chi connectivity index (χ0) is 13.0. The van der Waals surface area contributed by atoms with Gasteiger partial charge in [0, 0.05) is 21.2 Å². The predicted octanol–water partition coefficient (Wildman–Crippen LogP) is 5.37. The normalized spacial score (nSPS) is 28.3. The fraction of sp³-hybridized carbons (Fsp3) is 0.667. The highest BCUT2D eigenvalue weighted by molar-refractivity contribution is 9.10. The Balaban J connectivity index is 1.95. The highest BCUT2D eigenvalue weighted by Crippen LogP contribution is 2.37. The van der Waals surface area contributed by atoms with Crippen molar-refractivity contribution >= 4 is 31.9 Å². The number of halogens is 2. The molecule has 0 aromatic carbocycles. The first kappa shape index (κ1) is 14.5. The maximum Gasteiger partial charge on any atom is 0.0413 e. The van der Waals surface area contributed by atoms with Crippen LogP contribution in [-0.2, 0) is 6.42 Å². The van der Waals surface area contributed by atoms with E-state index in [0.717, 1.165) is 22.7 Å². The Kier molecular flexibility index (Phi) is 5.68. The zero-order valence-electron chi connectivity index (χ0n) is 10.9. The predicted molar refractivity (Wildman–Crippen MR) is 84.1 cm³/mol. The van der Waals surface area contributed by atoms with Gasteiger partial charge >= 0.3 is 0 Å². The van der Waals surface area contributed by atoms with E-state index in [2.05, 4.69) is 55.9 Å². The van der Waals surface area contributed by atoms with Gasteiger partial charge in [-0.1, -0.05) is 35.7 Å². The molecule has 0 radical (unpaired) electrons. The van der Waals surface area contributed by atoms with Gasteiger partial charge in [-0.05, 0) is 65.6 Å². The smallest absolute Gasteiger partial charge is 0.0413 e. The molecule has 0 saturated heterocycles. The fourth-order valence-corrected chi connectivity index (χ4v) is 3.90. The first-order chi connectivity index (χ1) is 8.69. The lowest BCUT2D eigenvalue weighted by Crippen LogP contribution is -2.27. The Morgan fingerprint density at radius 2 is 2.17 bits per heavy atom. The van der Waals surface area contributed by atoms with Crippen LogP contribution < -0.4 is 0 Å². The molecule has 1 aromatic rings. The number of nitrogens with zero attached hydrogens (tertiary/aromatic N) is 1. The summed E-state index contributed by atoms with van der Waals surface area (Å²) in [6.45, 7) is 2.30. The third-order valence-electron chi connectivity index (χ3n) is 3.96. The quantitative estimate of drug-likeness (QED) is 0.646. The van der Waals surface area contributed by atoms with Crippen molar-refractivity contribution in [1.82, 2.24) is 4.98 Å². The topological polar surface area (TPSA) is 12.9 Å². The third kappa shape index (κ3) is 4.06. The monoisotopic (exact) mass is 373 g/mol. The van der Waals surface area contributed by atoms with Crippen molar-refractivity contribution in [2.75, 3.05) is 0 Å². The molecule has 1 nitrogen and oxygen atoms in total. The van der Waals surface area contributed by atoms with Crippen LogP contribution in [0.3, 0.4) is 0 Å². The average molecular weight is 375 g/mol. The first-order valence-electron chi connectivity index (χ1n) is 6.93. The Hall–Kier alpha value is 0.110. The van der Waals surface area contributed by atoms with Crippen LogP contribution >= 0.6 is 31.9 Å². The van der Waals surface area contributed by atoms with Crippen molar-refractivity contribution in [3.05, 3.63) is 28.5 Å². The number of alkyl halides is 1. The molecule has 18 heavy (non-hydrogen) atoms. The van der Waals surface area contributed by atoms with E-state index in [1.807, 2.05) is 6.20 Å². The molecule has 0 spiro atoms. The van der Waals surface area contributed by atoms with Gasteiger partial charge in [-0.3, -0.25) is 4.98 Å². The molecular weight excluding hydrogens is 354 g/mol. The number of aromatic nitrogens is 1. The highest BCUT2D eigenvalue weighted by atomic mass is 79.9. The largest absolute Gasteiger partial charge is 0.260 e. The van der Waals surface area contributed by atoms with Crippen molar-refractivity contribution in [1.29, 1.82) is 0 Å². The van der Waals surface area contributed by atoms with E-state index in [1.165, 1.54) is 37.8 Å². The number of hydrogen-bond acceptors (Lipinski definition) is 1. The second kappa shape index (κ2) is 7.04. The lowest BCUT2D eigenvalue weighted by molar-refractivity contribution is 0.262. The van der Waals surface area contributed by atoms with Gasteiger partial charge in [0.25, 0.3) is 0 Å². The molecule has 1 aliphatic rings. The molecule has 3 atom stereocenters. The molecule has 0 amide bonds. The van der Waals surface area contributed by atoms with Crippen molar-refractivity contribution in [3.63, 3.8) is 0 Å². The Bertz CT molecular complexity index is 363. The van der Waals surface area contributed by atoms with E-state index in [0.29, 0.717) is 4.83 Å². The minimum Gasteiger partial charge on any atom is -0.260 e. The third-order valence-corrected chi connectivity index (χ3v) is 5.63. The maximum atomic E-state index is 4.51. The molecule has 0 bridgehead atoms. The maximum absolute atomic E-state index is 4.51. The van der Waals surface area contributed by atoms with Crippen LogP contribution in [0.2, 0.25) is 0 Å². The zero-order valence-corrected chi connectivity index (χ0v) is 14.1. The van der Waals surface area contributed by atoms with Gasteiger partial charge in [0.1, 0.15) is 0 Å². The Morgan fingerprint density at radius 3 is 2.83 bits per heavy atom. The molecule has 0 aliphatic heterocycles. The van der Waals surface area contributed by atoms with Crippen molar-refractivity contribution < 1.29 is 0 Å². The van der Waals surface area contributed by atoms with Crippen LogP contribution in [0.4, 0.5) is 0 Å². The minimum absolute atomic E-state index is 0.677. The van der Waals surface area contributed by atoms with E-state index in [1.54, 1.807) is 0 Å². The summed E-state index contributed by atoms with van der Waals surface area (Å²) >= 11 is 7.31. The van der Waals surface area contributed by atoms with Gasteiger partial charge in [0.15, 0.2) is 0 Å². The summed E-state index contributed by atoms with van der Waals surface area (Å²) in [5, 5.41) is 0. The fourth-order valence-electron chi connectivity index (χ4n) is 3.00. The summed E-state index contributed by atoms with van der Waals surface area (Å²) < 4.78 is 1.06. The number of rotatable bonds is 4. The van der Waals surface area contributed by atoms with E-state index in [9.17, 15) is 0 Å². The highest BCUT2D eigenvalue weighted by Gasteiger charge is 2.28. The van der Waals surface area contributed by atoms with Gasteiger partial charge in [0.2, 0.25) is 0 Å². The SMILES string of the molecule is CCCC1CCC(Br)C(Cc2ccc(Br)cn2)C1. The summed E-state index contributed by atoms with van der Waals surface area (Å²) in [7, 11) is 0. The van der Waals surface area contributed by atoms with Gasteiger partial charge in [0.05, 0.1) is 0 Å². The molecule has 0 N–H and O–H groups in total. The summed E-state index contributed by atoms with van der Waals surface area (Å²) in [4.78, 5) is 5.19. The molecular formula is C15H21Br2N. The van der Waals surface area contributed by atoms with Crippen LogP contribution in [0, 0.1) is 11.8 Å². The lowest BCUT2D eigenvalue weighted by Gasteiger charge is -2.33. The van der Waals surface area contributed by atoms with Crippen LogP contribution in [0.25, 0.3) is 0 Å². The van der Waals surface area contributed by atoms with Crippen molar-refractivity contribution in [3.8, 4) is 0 Å². The minimum atomic E-state index is 0.677. The number of pyridine rings is 1. The van der Waals surface area contributed by atoms with Gasteiger partial charge in [-0.2, -0.15) is 0 Å². The molecule has 1 saturated carbocycles. The van der Waals surface area contributed by atoms with Gasteiger partial charge < -0.3 is 0 Å². The molecule has 1 fully saturated rings. The van der Waals surface area contributed by atoms with Gasteiger partial charge in [-0.15, -0.1) is 0 Å². The second-order valence-corrected chi connectivity index (χ2v) is 7.51. The summed E-state index contributed by atoms with van der Waals surface area (Å²) in [6.07, 6.45) is 9.82. The van der Waals surface area contributed by atoms with E-state index >= 15 is 0 Å². The molecule has 1 aromatic heterocycles. The number of hydrogen-bond donors (Lipinski definition) is 0. The van der Waals surface area contributed by atoms with Crippen LogP contribution in [0.5, 0.6) is 0 Å². The van der Waals surface area contributed by atoms with Crippen LogP contribution in [0.15, 0.2) is 22.8 Å². The standard InChI is InChI=1S/C15H21Br2N/c1-2-3-11-4-7-15(17)12(8-11)9-14-6-5-13(16)10-18-14/h5-6,10-12,15H,2-4,7-9H2,1H3. The van der Waals surface area contributed by atoms with Crippen molar-refractivity contribution in [2.45, 2.75) is 50.3 Å². The molecule has 100 valence electrons. The van der Waals surface area contributed by atoms with Crippen LogP contribution in [0.1, 0.15) is 44.7 Å². The van der Waals surface area contributed by atoms with E-state index in [-0.39, 0.29) is 0 Å². The molecule has 3 heteroatoms. The second-order valence-electron chi connectivity index (χ2n) is 5.42. The molecule has 3 unspecified atom stereocenters. The van der Waals surface area contributed by atoms with Gasteiger partial charge in [-0.25, -0.2) is 0 Å². The van der Waals surface area contributed by atoms with Crippen LogP contribution in [-0.4, -0.2) is 9.81 Å². The molecule has 1 heterocycles. The average Bonchev–Trinajstić information content (AvgIpc) is 2.36. The Morgan fingerprint density at radius 1 is 1.33 bits per heavy atom. The summed E-state index contributed by atoms with van der Waals surface area (Å²) in [5.41, 5.74) is 1.23. The Labute approximate surface area is 127 Å². The molecule has 2 rings (SSSR count). The summed E-state index contributed by atoms with van der Waals surface area (Å²) in [5.74, 6) is 1.69. The molecule has 1 aliphatic carbocycles. The van der Waals surface area contributed by atoms with Crippen molar-refractivity contribution in [2.24, 2.45) is 11.8 Å². The summed E-state index contributed by atoms with van der Waals surface area (Å²) in [6, 6.07) is 4.24. The lowest BCUT2D eigenvalue weighted by atomic mass is 9.77.